The average molecular weight is 214 g/mol. The summed E-state index contributed by atoms with van der Waals surface area (Å²) < 4.78 is 5.61. The number of phenols is 1. The Morgan fingerprint density at radius 3 is 2.50 bits per heavy atom. The van der Waals surface area contributed by atoms with Gasteiger partial charge in [-0.1, -0.05) is 24.3 Å². The Labute approximate surface area is 95.1 Å². The highest BCUT2D eigenvalue weighted by molar-refractivity contribution is 5.35. The maximum atomic E-state index is 9.39. The first-order valence-electron chi connectivity index (χ1n) is 5.22. The first kappa shape index (κ1) is 10.6. The molecule has 0 spiro atoms. The maximum Gasteiger partial charge on any atom is 0.119 e. The van der Waals surface area contributed by atoms with Crippen molar-refractivity contribution in [1.29, 1.82) is 0 Å². The summed E-state index contributed by atoms with van der Waals surface area (Å²) in [6, 6.07) is 15.2. The molecule has 16 heavy (non-hydrogen) atoms. The Morgan fingerprint density at radius 2 is 1.81 bits per heavy atom. The zero-order chi connectivity index (χ0) is 11.4. The van der Waals surface area contributed by atoms with Gasteiger partial charge in [0.25, 0.3) is 0 Å². The molecule has 2 aromatic rings. The van der Waals surface area contributed by atoms with Crippen molar-refractivity contribution in [2.45, 2.75) is 13.5 Å². The summed E-state index contributed by atoms with van der Waals surface area (Å²) in [5.41, 5.74) is 1.92. The van der Waals surface area contributed by atoms with Crippen LogP contribution in [-0.4, -0.2) is 5.11 Å². The highest BCUT2D eigenvalue weighted by Gasteiger charge is 1.99. The molecule has 2 heteroatoms. The smallest absolute Gasteiger partial charge is 0.119 e. The standard InChI is InChI=1S/C14H14O2/c1-11-9-12(7-8-14(11)15)10-16-13-5-3-2-4-6-13/h2-9,15H,10H2,1H3. The highest BCUT2D eigenvalue weighted by atomic mass is 16.5. The molecule has 1 N–H and O–H groups in total. The first-order chi connectivity index (χ1) is 7.75. The number of ether oxygens (including phenoxy) is 1. The monoisotopic (exact) mass is 214 g/mol. The van der Waals surface area contributed by atoms with E-state index >= 15 is 0 Å². The Hall–Kier alpha value is -1.96. The van der Waals surface area contributed by atoms with E-state index in [4.69, 9.17) is 4.74 Å². The fourth-order valence-electron chi connectivity index (χ4n) is 1.49. The summed E-state index contributed by atoms with van der Waals surface area (Å²) in [6.07, 6.45) is 0. The van der Waals surface area contributed by atoms with E-state index in [1.807, 2.05) is 49.4 Å². The van der Waals surface area contributed by atoms with Crippen LogP contribution < -0.4 is 4.74 Å². The third-order valence-electron chi connectivity index (χ3n) is 2.41. The summed E-state index contributed by atoms with van der Waals surface area (Å²) in [6.45, 7) is 2.40. The lowest BCUT2D eigenvalue weighted by Gasteiger charge is -2.07. The minimum absolute atomic E-state index is 0.323. The van der Waals surface area contributed by atoms with E-state index in [1.165, 1.54) is 0 Å². The van der Waals surface area contributed by atoms with Crippen LogP contribution in [0.1, 0.15) is 11.1 Å². The predicted molar refractivity (Wildman–Crippen MR) is 63.6 cm³/mol. The molecule has 0 radical (unpaired) electrons. The van der Waals surface area contributed by atoms with E-state index in [0.29, 0.717) is 12.4 Å². The molecule has 2 rings (SSSR count). The fraction of sp³-hybridized carbons (Fsp3) is 0.143. The van der Waals surface area contributed by atoms with Crippen LogP contribution >= 0.6 is 0 Å². The molecule has 2 nitrogen and oxygen atoms in total. The SMILES string of the molecule is Cc1cc(COc2ccccc2)ccc1O. The molecule has 0 aromatic heterocycles. The summed E-state index contributed by atoms with van der Waals surface area (Å²) in [4.78, 5) is 0. The topological polar surface area (TPSA) is 29.5 Å². The molecule has 0 unspecified atom stereocenters. The van der Waals surface area contributed by atoms with Gasteiger partial charge in [0, 0.05) is 0 Å². The van der Waals surface area contributed by atoms with Gasteiger partial charge in [0.1, 0.15) is 18.1 Å². The molecule has 0 saturated heterocycles. The summed E-state index contributed by atoms with van der Waals surface area (Å²) >= 11 is 0. The van der Waals surface area contributed by atoms with Crippen molar-refractivity contribution in [2.75, 3.05) is 0 Å². The first-order valence-corrected chi connectivity index (χ1v) is 5.22. The van der Waals surface area contributed by atoms with Crippen LogP contribution in [0.25, 0.3) is 0 Å². The molecule has 0 bridgehead atoms. The van der Waals surface area contributed by atoms with Gasteiger partial charge in [0.05, 0.1) is 0 Å². The number of aromatic hydroxyl groups is 1. The lowest BCUT2D eigenvalue weighted by atomic mass is 10.1. The lowest BCUT2D eigenvalue weighted by Crippen LogP contribution is -1.95. The van der Waals surface area contributed by atoms with Crippen molar-refractivity contribution < 1.29 is 9.84 Å². The van der Waals surface area contributed by atoms with Gasteiger partial charge in [0.15, 0.2) is 0 Å². The molecule has 0 aliphatic carbocycles. The van der Waals surface area contributed by atoms with Crippen molar-refractivity contribution in [2.24, 2.45) is 0 Å². The van der Waals surface area contributed by atoms with E-state index in [2.05, 4.69) is 0 Å². The van der Waals surface area contributed by atoms with Crippen LogP contribution in [0.2, 0.25) is 0 Å². The van der Waals surface area contributed by atoms with Gasteiger partial charge in [-0.3, -0.25) is 0 Å². The third-order valence-corrected chi connectivity index (χ3v) is 2.41. The minimum atomic E-state index is 0.323. The molecule has 0 fully saturated rings. The molecule has 82 valence electrons. The lowest BCUT2D eigenvalue weighted by molar-refractivity contribution is 0.306. The molecular formula is C14H14O2. The zero-order valence-corrected chi connectivity index (χ0v) is 9.18. The van der Waals surface area contributed by atoms with Gasteiger partial charge in [-0.25, -0.2) is 0 Å². The Kier molecular flexibility index (Phi) is 3.10. The van der Waals surface area contributed by atoms with E-state index in [1.54, 1.807) is 6.07 Å². The number of aryl methyl sites for hydroxylation is 1. The molecule has 0 atom stereocenters. The van der Waals surface area contributed by atoms with Gasteiger partial charge in [-0.2, -0.15) is 0 Å². The van der Waals surface area contributed by atoms with Gasteiger partial charge in [0.2, 0.25) is 0 Å². The quantitative estimate of drug-likeness (QED) is 0.849. The van der Waals surface area contributed by atoms with Crippen LogP contribution in [0.3, 0.4) is 0 Å². The Balaban J connectivity index is 2.03. The number of benzene rings is 2. The van der Waals surface area contributed by atoms with Crippen LogP contribution in [0.4, 0.5) is 0 Å². The maximum absolute atomic E-state index is 9.39. The highest BCUT2D eigenvalue weighted by Crippen LogP contribution is 2.18. The normalized spacial score (nSPS) is 10.1. The van der Waals surface area contributed by atoms with Crippen LogP contribution in [0, 0.1) is 6.92 Å². The second kappa shape index (κ2) is 4.71. The van der Waals surface area contributed by atoms with Crippen LogP contribution in [0.15, 0.2) is 48.5 Å². The second-order valence-electron chi connectivity index (χ2n) is 3.72. The fourth-order valence-corrected chi connectivity index (χ4v) is 1.49. The van der Waals surface area contributed by atoms with Gasteiger partial charge in [-0.05, 0) is 42.3 Å². The number of rotatable bonds is 3. The van der Waals surface area contributed by atoms with Gasteiger partial charge >= 0.3 is 0 Å². The van der Waals surface area contributed by atoms with Crippen LogP contribution in [-0.2, 0) is 6.61 Å². The number of hydrogen-bond acceptors (Lipinski definition) is 2. The molecule has 2 aromatic carbocycles. The van der Waals surface area contributed by atoms with E-state index in [-0.39, 0.29) is 0 Å². The van der Waals surface area contributed by atoms with Crippen LogP contribution in [0.5, 0.6) is 11.5 Å². The molecule has 0 aliphatic heterocycles. The summed E-state index contributed by atoms with van der Waals surface area (Å²) in [5.74, 6) is 1.18. The molecule has 0 aliphatic rings. The van der Waals surface area contributed by atoms with Crippen molar-refractivity contribution in [3.63, 3.8) is 0 Å². The van der Waals surface area contributed by atoms with E-state index < -0.39 is 0 Å². The average Bonchev–Trinajstić information content (AvgIpc) is 2.32. The van der Waals surface area contributed by atoms with Gasteiger partial charge in [-0.15, -0.1) is 0 Å². The third kappa shape index (κ3) is 2.54. The van der Waals surface area contributed by atoms with Crippen molar-refractivity contribution in [3.8, 4) is 11.5 Å². The molecule has 0 saturated carbocycles. The molecular weight excluding hydrogens is 200 g/mol. The van der Waals surface area contributed by atoms with E-state index in [0.717, 1.165) is 16.9 Å². The summed E-state index contributed by atoms with van der Waals surface area (Å²) in [5, 5.41) is 9.39. The van der Waals surface area contributed by atoms with Gasteiger partial charge < -0.3 is 9.84 Å². The van der Waals surface area contributed by atoms with Crippen molar-refractivity contribution >= 4 is 0 Å². The number of hydrogen-bond donors (Lipinski definition) is 1. The Morgan fingerprint density at radius 1 is 1.06 bits per heavy atom. The van der Waals surface area contributed by atoms with Crippen molar-refractivity contribution in [1.82, 2.24) is 0 Å². The van der Waals surface area contributed by atoms with E-state index in [9.17, 15) is 5.11 Å². The Bertz CT molecular complexity index is 463. The predicted octanol–water partition coefficient (Wildman–Crippen LogP) is 3.28. The summed E-state index contributed by atoms with van der Waals surface area (Å²) in [7, 11) is 0. The molecule has 0 amide bonds. The number of para-hydroxylation sites is 1. The largest absolute Gasteiger partial charge is 0.508 e. The number of phenolic OH excluding ortho intramolecular Hbond substituents is 1. The second-order valence-corrected chi connectivity index (χ2v) is 3.72. The van der Waals surface area contributed by atoms with Crippen molar-refractivity contribution in [3.05, 3.63) is 59.7 Å². The molecule has 0 heterocycles. The minimum Gasteiger partial charge on any atom is -0.508 e. The zero-order valence-electron chi connectivity index (χ0n) is 9.18.